The number of carboxylic acid groups (broad SMARTS) is 1. The number of rotatable bonds is 7. The van der Waals surface area contributed by atoms with E-state index < -0.39 is 18.0 Å². The van der Waals surface area contributed by atoms with Crippen LogP contribution in [0.3, 0.4) is 0 Å². The van der Waals surface area contributed by atoms with Crippen LogP contribution in [-0.4, -0.2) is 53.1 Å². The lowest BCUT2D eigenvalue weighted by molar-refractivity contribution is -0.139. The molecule has 1 aliphatic rings. The van der Waals surface area contributed by atoms with E-state index in [0.717, 1.165) is 17.3 Å². The van der Waals surface area contributed by atoms with Crippen molar-refractivity contribution in [2.24, 2.45) is 0 Å². The number of carboxylic acids is 1. The third-order valence-corrected chi connectivity index (χ3v) is 4.60. The lowest BCUT2D eigenvalue weighted by Gasteiger charge is -2.34. The van der Waals surface area contributed by atoms with Crippen LogP contribution in [0.25, 0.3) is 0 Å². The molecule has 2 N–H and O–H groups in total. The van der Waals surface area contributed by atoms with Gasteiger partial charge in [-0.1, -0.05) is 30.3 Å². The van der Waals surface area contributed by atoms with Crippen LogP contribution in [0.5, 0.6) is 0 Å². The number of esters is 1. The van der Waals surface area contributed by atoms with E-state index in [1.807, 2.05) is 30.3 Å². The molecular formula is C17H20N2O5S. The van der Waals surface area contributed by atoms with Gasteiger partial charge >= 0.3 is 18.0 Å². The first kappa shape index (κ1) is 18.9. The molecule has 2 rings (SSSR count). The first-order valence-electron chi connectivity index (χ1n) is 7.74. The molecule has 0 fully saturated rings. The second-order valence-corrected chi connectivity index (χ2v) is 6.31. The van der Waals surface area contributed by atoms with Gasteiger partial charge in [-0.3, -0.25) is 9.69 Å². The van der Waals surface area contributed by atoms with Crippen molar-refractivity contribution in [3.8, 4) is 0 Å². The topological polar surface area (TPSA) is 95.9 Å². The van der Waals surface area contributed by atoms with E-state index in [1.54, 1.807) is 14.0 Å². The fourth-order valence-electron chi connectivity index (χ4n) is 2.51. The molecule has 7 nitrogen and oxygen atoms in total. The fourth-order valence-corrected chi connectivity index (χ4v) is 3.33. The number of carbonyl (C=O) groups is 3. The number of amides is 2. The summed E-state index contributed by atoms with van der Waals surface area (Å²) in [5, 5.41) is 11.6. The highest BCUT2D eigenvalue weighted by Gasteiger charge is 2.36. The number of hydrogen-bond acceptors (Lipinski definition) is 5. The Balaban J connectivity index is 2.46. The SMILES string of the molecule is CCOC(=O)C1=C(CSCC(=O)O)N(C)C(=O)NC1c1ccccc1. The van der Waals surface area contributed by atoms with E-state index in [4.69, 9.17) is 9.84 Å². The largest absolute Gasteiger partial charge is 0.481 e. The third-order valence-electron chi connectivity index (χ3n) is 3.67. The summed E-state index contributed by atoms with van der Waals surface area (Å²) in [6.07, 6.45) is 0. The molecule has 1 heterocycles. The summed E-state index contributed by atoms with van der Waals surface area (Å²) in [7, 11) is 1.55. The molecular weight excluding hydrogens is 344 g/mol. The molecule has 8 heteroatoms. The molecule has 1 aromatic rings. The Morgan fingerprint density at radius 2 is 2.00 bits per heavy atom. The summed E-state index contributed by atoms with van der Waals surface area (Å²) < 4.78 is 5.17. The molecule has 0 aliphatic carbocycles. The molecule has 0 radical (unpaired) electrons. The average Bonchev–Trinajstić information content (AvgIpc) is 2.59. The number of nitrogens with zero attached hydrogens (tertiary/aromatic N) is 1. The molecule has 0 spiro atoms. The van der Waals surface area contributed by atoms with Crippen molar-refractivity contribution < 1.29 is 24.2 Å². The zero-order chi connectivity index (χ0) is 18.4. The van der Waals surface area contributed by atoms with E-state index in [2.05, 4.69) is 5.32 Å². The molecule has 0 saturated carbocycles. The summed E-state index contributed by atoms with van der Waals surface area (Å²) in [4.78, 5) is 37.0. The monoisotopic (exact) mass is 364 g/mol. The zero-order valence-corrected chi connectivity index (χ0v) is 14.8. The Morgan fingerprint density at radius 1 is 1.32 bits per heavy atom. The van der Waals surface area contributed by atoms with Gasteiger partial charge in [0.15, 0.2) is 0 Å². The van der Waals surface area contributed by atoms with Crippen LogP contribution in [0, 0.1) is 0 Å². The number of thioether (sulfide) groups is 1. The maximum absolute atomic E-state index is 12.6. The molecule has 1 unspecified atom stereocenters. The van der Waals surface area contributed by atoms with Crippen molar-refractivity contribution in [1.82, 2.24) is 10.2 Å². The van der Waals surface area contributed by atoms with Crippen LogP contribution in [0.15, 0.2) is 41.6 Å². The van der Waals surface area contributed by atoms with Gasteiger partial charge in [0, 0.05) is 18.5 Å². The molecule has 2 amide bonds. The van der Waals surface area contributed by atoms with Crippen LogP contribution in [0.4, 0.5) is 4.79 Å². The van der Waals surface area contributed by atoms with Gasteiger partial charge in [-0.05, 0) is 12.5 Å². The fraction of sp³-hybridized carbons (Fsp3) is 0.353. The van der Waals surface area contributed by atoms with E-state index in [-0.39, 0.29) is 24.1 Å². The highest BCUT2D eigenvalue weighted by molar-refractivity contribution is 8.00. The molecule has 1 atom stereocenters. The predicted octanol–water partition coefficient (Wildman–Crippen LogP) is 2.02. The number of benzene rings is 1. The van der Waals surface area contributed by atoms with Crippen LogP contribution in [0.2, 0.25) is 0 Å². The highest BCUT2D eigenvalue weighted by Crippen LogP contribution is 2.32. The second-order valence-electron chi connectivity index (χ2n) is 5.32. The number of ether oxygens (including phenoxy) is 1. The van der Waals surface area contributed by atoms with Gasteiger partial charge in [-0.25, -0.2) is 9.59 Å². The minimum Gasteiger partial charge on any atom is -0.481 e. The Labute approximate surface area is 150 Å². The quantitative estimate of drug-likeness (QED) is 0.719. The van der Waals surface area contributed by atoms with E-state index >= 15 is 0 Å². The summed E-state index contributed by atoms with van der Waals surface area (Å²) in [5.41, 5.74) is 1.54. The number of nitrogens with one attached hydrogen (secondary N) is 1. The Kier molecular flexibility index (Phi) is 6.46. The molecule has 1 aliphatic heterocycles. The molecule has 134 valence electrons. The minimum atomic E-state index is -0.953. The molecule has 0 bridgehead atoms. The Bertz CT molecular complexity index is 690. The molecule has 0 saturated heterocycles. The standard InChI is InChI=1S/C17H20N2O5S/c1-3-24-16(22)14-12(9-25-10-13(20)21)19(2)17(23)18-15(14)11-7-5-4-6-8-11/h4-8,15H,3,9-10H2,1-2H3,(H,18,23)(H,20,21). The van der Waals surface area contributed by atoms with Crippen molar-refractivity contribution in [3.05, 3.63) is 47.2 Å². The molecule has 1 aromatic carbocycles. The number of urea groups is 1. The van der Waals surface area contributed by atoms with Gasteiger partial charge in [0.05, 0.1) is 24.0 Å². The number of carbonyl (C=O) groups excluding carboxylic acids is 2. The van der Waals surface area contributed by atoms with E-state index in [9.17, 15) is 14.4 Å². The lowest BCUT2D eigenvalue weighted by atomic mass is 9.95. The van der Waals surface area contributed by atoms with Crippen molar-refractivity contribution >= 4 is 29.7 Å². The van der Waals surface area contributed by atoms with Crippen molar-refractivity contribution in [1.29, 1.82) is 0 Å². The average molecular weight is 364 g/mol. The van der Waals surface area contributed by atoms with Gasteiger partial charge in [0.1, 0.15) is 0 Å². The highest BCUT2D eigenvalue weighted by atomic mass is 32.2. The predicted molar refractivity (Wildman–Crippen MR) is 94.1 cm³/mol. The van der Waals surface area contributed by atoms with Crippen LogP contribution in [-0.2, 0) is 14.3 Å². The van der Waals surface area contributed by atoms with Crippen LogP contribution in [0.1, 0.15) is 18.5 Å². The smallest absolute Gasteiger partial charge is 0.338 e. The van der Waals surface area contributed by atoms with Crippen molar-refractivity contribution in [2.45, 2.75) is 13.0 Å². The Morgan fingerprint density at radius 3 is 2.60 bits per heavy atom. The zero-order valence-electron chi connectivity index (χ0n) is 14.0. The van der Waals surface area contributed by atoms with Gasteiger partial charge in [0.25, 0.3) is 0 Å². The first-order valence-corrected chi connectivity index (χ1v) is 8.90. The van der Waals surface area contributed by atoms with Gasteiger partial charge in [-0.15, -0.1) is 11.8 Å². The first-order chi connectivity index (χ1) is 12.0. The van der Waals surface area contributed by atoms with E-state index in [1.165, 1.54) is 4.90 Å². The maximum Gasteiger partial charge on any atom is 0.338 e. The number of aliphatic carboxylic acids is 1. The Hall–Kier alpha value is -2.48. The maximum atomic E-state index is 12.6. The van der Waals surface area contributed by atoms with Crippen molar-refractivity contribution in [2.75, 3.05) is 25.2 Å². The second kappa shape index (κ2) is 8.57. The summed E-state index contributed by atoms with van der Waals surface area (Å²) in [6, 6.07) is 8.13. The summed E-state index contributed by atoms with van der Waals surface area (Å²) >= 11 is 1.12. The molecule has 0 aromatic heterocycles. The van der Waals surface area contributed by atoms with Gasteiger partial charge < -0.3 is 15.2 Å². The lowest BCUT2D eigenvalue weighted by Crippen LogP contribution is -2.47. The van der Waals surface area contributed by atoms with Gasteiger partial charge in [0.2, 0.25) is 0 Å². The van der Waals surface area contributed by atoms with Crippen LogP contribution < -0.4 is 5.32 Å². The molecule has 25 heavy (non-hydrogen) atoms. The third kappa shape index (κ3) is 4.54. The van der Waals surface area contributed by atoms with Crippen molar-refractivity contribution in [3.63, 3.8) is 0 Å². The normalized spacial score (nSPS) is 17.3. The summed E-state index contributed by atoms with van der Waals surface area (Å²) in [6.45, 7) is 1.91. The number of hydrogen-bond donors (Lipinski definition) is 2. The van der Waals surface area contributed by atoms with Gasteiger partial charge in [-0.2, -0.15) is 0 Å². The summed E-state index contributed by atoms with van der Waals surface area (Å²) in [5.74, 6) is -1.38. The minimum absolute atomic E-state index is 0.120. The van der Waals surface area contributed by atoms with E-state index in [0.29, 0.717) is 11.3 Å². The van der Waals surface area contributed by atoms with Crippen LogP contribution >= 0.6 is 11.8 Å².